The second-order valence-electron chi connectivity index (χ2n) is 9.47. The number of nitrogens with zero attached hydrogens (tertiary/aromatic N) is 3. The standard InChI is InChI=1S/C25H26N4O6S/c30-28(31)20-9-12-24(25(16-20)29(32)33)26-23-8-2-6-18-15-21(10-11-22(18)23)36(34,35)27-13-3-5-17-4-1-7-19(27)14-17/h2,6,8-12,15-17,19,26H,1,3-5,7,13-14H2. The molecule has 1 saturated heterocycles. The summed E-state index contributed by atoms with van der Waals surface area (Å²) in [5, 5.41) is 26.9. The quantitative estimate of drug-likeness (QED) is 0.330. The zero-order valence-electron chi connectivity index (χ0n) is 19.5. The number of rotatable bonds is 6. The maximum Gasteiger partial charge on any atom is 0.299 e. The van der Waals surface area contributed by atoms with E-state index in [9.17, 15) is 28.6 Å². The normalized spacial score (nSPS) is 20.6. The Balaban J connectivity index is 1.49. The zero-order valence-corrected chi connectivity index (χ0v) is 20.3. The van der Waals surface area contributed by atoms with Crippen molar-refractivity contribution >= 4 is 43.5 Å². The highest BCUT2D eigenvalue weighted by atomic mass is 32.2. The minimum absolute atomic E-state index is 0.0441. The van der Waals surface area contributed by atoms with Gasteiger partial charge in [-0.3, -0.25) is 20.2 Å². The molecule has 0 amide bonds. The van der Waals surface area contributed by atoms with E-state index in [1.807, 2.05) is 0 Å². The van der Waals surface area contributed by atoms with Crippen LogP contribution in [0.15, 0.2) is 59.5 Å². The summed E-state index contributed by atoms with van der Waals surface area (Å²) in [6.45, 7) is 0.535. The van der Waals surface area contributed by atoms with E-state index < -0.39 is 25.6 Å². The van der Waals surface area contributed by atoms with Gasteiger partial charge in [-0.1, -0.05) is 31.0 Å². The van der Waals surface area contributed by atoms with Crippen molar-refractivity contribution in [2.75, 3.05) is 11.9 Å². The molecule has 1 aliphatic carbocycles. The van der Waals surface area contributed by atoms with Gasteiger partial charge in [-0.2, -0.15) is 4.31 Å². The minimum atomic E-state index is -3.67. The van der Waals surface area contributed by atoms with Crippen molar-refractivity contribution < 1.29 is 18.3 Å². The molecule has 2 atom stereocenters. The summed E-state index contributed by atoms with van der Waals surface area (Å²) >= 11 is 0. The third kappa shape index (κ3) is 4.51. The molecule has 2 aliphatic rings. The van der Waals surface area contributed by atoms with Gasteiger partial charge in [0.2, 0.25) is 10.0 Å². The first-order valence-corrected chi connectivity index (χ1v) is 13.4. The van der Waals surface area contributed by atoms with Gasteiger partial charge < -0.3 is 5.32 Å². The molecule has 1 aliphatic heterocycles. The van der Waals surface area contributed by atoms with Gasteiger partial charge in [-0.15, -0.1) is 0 Å². The number of fused-ring (bicyclic) bond motifs is 3. The fourth-order valence-corrected chi connectivity index (χ4v) is 7.26. The predicted octanol–water partition coefficient (Wildman–Crippen LogP) is 5.74. The summed E-state index contributed by atoms with van der Waals surface area (Å²) in [4.78, 5) is 21.4. The van der Waals surface area contributed by atoms with Crippen LogP contribution < -0.4 is 5.32 Å². The molecule has 1 heterocycles. The molecule has 5 rings (SSSR count). The minimum Gasteiger partial charge on any atom is -0.349 e. The summed E-state index contributed by atoms with van der Waals surface area (Å²) in [6, 6.07) is 13.6. The molecule has 3 aromatic rings. The van der Waals surface area contributed by atoms with Crippen LogP contribution in [0.5, 0.6) is 0 Å². The van der Waals surface area contributed by atoms with Gasteiger partial charge in [0.15, 0.2) is 0 Å². The van der Waals surface area contributed by atoms with E-state index in [1.165, 1.54) is 18.6 Å². The van der Waals surface area contributed by atoms with E-state index in [2.05, 4.69) is 5.32 Å². The molecule has 11 heteroatoms. The Morgan fingerprint density at radius 3 is 2.47 bits per heavy atom. The lowest BCUT2D eigenvalue weighted by molar-refractivity contribution is -0.393. The Kier molecular flexibility index (Phi) is 6.35. The second kappa shape index (κ2) is 9.47. The average molecular weight is 511 g/mol. The van der Waals surface area contributed by atoms with E-state index in [4.69, 9.17) is 0 Å². The first-order valence-electron chi connectivity index (χ1n) is 12.0. The number of nitro benzene ring substituents is 2. The van der Waals surface area contributed by atoms with Crippen LogP contribution in [-0.4, -0.2) is 35.2 Å². The van der Waals surface area contributed by atoms with Crippen LogP contribution in [0.25, 0.3) is 10.8 Å². The molecule has 2 bridgehead atoms. The Labute approximate surface area is 208 Å². The number of nitrogens with one attached hydrogen (secondary N) is 1. The van der Waals surface area contributed by atoms with Gasteiger partial charge in [-0.25, -0.2) is 8.42 Å². The molecule has 188 valence electrons. The summed E-state index contributed by atoms with van der Waals surface area (Å²) in [5.74, 6) is 0.609. The Bertz CT molecular complexity index is 1460. The van der Waals surface area contributed by atoms with Crippen LogP contribution in [0.4, 0.5) is 22.7 Å². The average Bonchev–Trinajstić information content (AvgIpc) is 3.01. The largest absolute Gasteiger partial charge is 0.349 e. The molecular weight excluding hydrogens is 484 g/mol. The third-order valence-corrected chi connectivity index (χ3v) is 9.22. The van der Waals surface area contributed by atoms with E-state index in [0.717, 1.165) is 38.2 Å². The summed E-state index contributed by atoms with van der Waals surface area (Å²) in [6.07, 6.45) is 6.01. The van der Waals surface area contributed by atoms with E-state index >= 15 is 0 Å². The van der Waals surface area contributed by atoms with E-state index in [1.54, 1.807) is 40.7 Å². The summed E-state index contributed by atoms with van der Waals surface area (Å²) in [5.41, 5.74) is -0.172. The molecule has 3 aromatic carbocycles. The van der Waals surface area contributed by atoms with Crippen molar-refractivity contribution in [1.82, 2.24) is 4.31 Å². The number of hydrogen-bond acceptors (Lipinski definition) is 7. The highest BCUT2D eigenvalue weighted by molar-refractivity contribution is 7.89. The molecule has 0 aromatic heterocycles. The summed E-state index contributed by atoms with van der Waals surface area (Å²) < 4.78 is 29.0. The zero-order chi connectivity index (χ0) is 25.4. The monoisotopic (exact) mass is 510 g/mol. The van der Waals surface area contributed by atoms with Crippen LogP contribution >= 0.6 is 0 Å². The van der Waals surface area contributed by atoms with Crippen LogP contribution in [0.2, 0.25) is 0 Å². The third-order valence-electron chi connectivity index (χ3n) is 7.27. The molecule has 0 radical (unpaired) electrons. The van der Waals surface area contributed by atoms with Gasteiger partial charge in [0.1, 0.15) is 5.69 Å². The SMILES string of the molecule is O=[N+]([O-])c1ccc(Nc2cccc3cc(S(=O)(=O)N4CCCC5CCCC4C5)ccc23)c([N+](=O)[O-])c1. The summed E-state index contributed by atoms with van der Waals surface area (Å²) in [7, 11) is -3.67. The molecule has 1 N–H and O–H groups in total. The van der Waals surface area contributed by atoms with Crippen molar-refractivity contribution in [1.29, 1.82) is 0 Å². The molecule has 1 saturated carbocycles. The van der Waals surface area contributed by atoms with Crippen LogP contribution in [0.3, 0.4) is 0 Å². The molecular formula is C25H26N4O6S. The van der Waals surface area contributed by atoms with Crippen molar-refractivity contribution in [3.8, 4) is 0 Å². The first kappa shape index (κ1) is 24.1. The topological polar surface area (TPSA) is 136 Å². The first-order chi connectivity index (χ1) is 17.2. The van der Waals surface area contributed by atoms with Crippen LogP contribution in [-0.2, 0) is 10.0 Å². The fraction of sp³-hybridized carbons (Fsp3) is 0.360. The number of hydrogen-bond donors (Lipinski definition) is 1. The maximum absolute atomic E-state index is 13.6. The molecule has 2 fully saturated rings. The maximum atomic E-state index is 13.6. The molecule has 2 unspecified atom stereocenters. The van der Waals surface area contributed by atoms with E-state index in [0.29, 0.717) is 28.9 Å². The number of benzene rings is 3. The van der Waals surface area contributed by atoms with Crippen molar-refractivity contribution in [2.45, 2.75) is 49.5 Å². The van der Waals surface area contributed by atoms with Crippen molar-refractivity contribution in [3.63, 3.8) is 0 Å². The predicted molar refractivity (Wildman–Crippen MR) is 136 cm³/mol. The van der Waals surface area contributed by atoms with Gasteiger partial charge in [0.05, 0.1) is 20.8 Å². The number of non-ortho nitro benzene ring substituents is 1. The van der Waals surface area contributed by atoms with Gasteiger partial charge in [0.25, 0.3) is 11.4 Å². The van der Waals surface area contributed by atoms with E-state index in [-0.39, 0.29) is 22.3 Å². The van der Waals surface area contributed by atoms with Crippen LogP contribution in [0.1, 0.15) is 38.5 Å². The van der Waals surface area contributed by atoms with Crippen molar-refractivity contribution in [2.24, 2.45) is 5.92 Å². The number of anilines is 2. The molecule has 0 spiro atoms. The van der Waals surface area contributed by atoms with Gasteiger partial charge >= 0.3 is 0 Å². The Hall–Kier alpha value is -3.57. The van der Waals surface area contributed by atoms with Gasteiger partial charge in [0, 0.05) is 29.7 Å². The van der Waals surface area contributed by atoms with Crippen molar-refractivity contribution in [3.05, 3.63) is 74.8 Å². The second-order valence-corrected chi connectivity index (χ2v) is 11.4. The highest BCUT2D eigenvalue weighted by Gasteiger charge is 2.37. The number of sulfonamides is 1. The highest BCUT2D eigenvalue weighted by Crippen LogP contribution is 2.38. The lowest BCUT2D eigenvalue weighted by Crippen LogP contribution is -2.41. The fourth-order valence-electron chi connectivity index (χ4n) is 5.52. The lowest BCUT2D eigenvalue weighted by Gasteiger charge is -2.33. The van der Waals surface area contributed by atoms with Crippen LogP contribution in [0, 0.1) is 26.1 Å². The van der Waals surface area contributed by atoms with Gasteiger partial charge in [-0.05, 0) is 61.3 Å². The Morgan fingerprint density at radius 1 is 0.889 bits per heavy atom. The molecule has 36 heavy (non-hydrogen) atoms. The Morgan fingerprint density at radius 2 is 1.69 bits per heavy atom. The lowest BCUT2D eigenvalue weighted by atomic mass is 9.84. The smallest absolute Gasteiger partial charge is 0.299 e. The number of nitro groups is 2. The molecule has 10 nitrogen and oxygen atoms in total.